The van der Waals surface area contributed by atoms with Crippen LogP contribution in [0, 0.1) is 5.92 Å². The average Bonchev–Trinajstić information content (AvgIpc) is 2.59. The van der Waals surface area contributed by atoms with Gasteiger partial charge < -0.3 is 5.11 Å². The fourth-order valence-electron chi connectivity index (χ4n) is 3.44. The second-order valence-corrected chi connectivity index (χ2v) is 8.15. The Balaban J connectivity index is 2.80. The van der Waals surface area contributed by atoms with Gasteiger partial charge in [0.25, 0.3) is 0 Å². The molecule has 26 heavy (non-hydrogen) atoms. The van der Waals surface area contributed by atoms with E-state index < -0.39 is 0 Å². The molecule has 0 saturated carbocycles. The molecule has 0 aliphatic heterocycles. The van der Waals surface area contributed by atoms with Gasteiger partial charge in [0.2, 0.25) is 0 Å². The van der Waals surface area contributed by atoms with E-state index in [0.717, 1.165) is 51.4 Å². The first-order chi connectivity index (χ1) is 12.4. The first kappa shape index (κ1) is 22.7. The summed E-state index contributed by atoms with van der Waals surface area (Å²) in [5.41, 5.74) is 6.93. The van der Waals surface area contributed by atoms with Crippen LogP contribution in [-0.4, -0.2) is 11.7 Å². The minimum absolute atomic E-state index is 0.198. The summed E-state index contributed by atoms with van der Waals surface area (Å²) in [4.78, 5) is 0. The number of allylic oxidation sites excluding steroid dienone is 8. The van der Waals surface area contributed by atoms with Crippen molar-refractivity contribution in [1.29, 1.82) is 0 Å². The van der Waals surface area contributed by atoms with Crippen LogP contribution in [-0.2, 0) is 0 Å². The summed E-state index contributed by atoms with van der Waals surface area (Å²) in [6, 6.07) is 0. The van der Waals surface area contributed by atoms with E-state index in [0.29, 0.717) is 5.92 Å². The number of rotatable bonds is 5. The zero-order valence-electron chi connectivity index (χ0n) is 17.6. The van der Waals surface area contributed by atoms with Crippen molar-refractivity contribution >= 4 is 0 Å². The van der Waals surface area contributed by atoms with Gasteiger partial charge in [0.1, 0.15) is 0 Å². The molecule has 1 aliphatic rings. The Hall–Kier alpha value is -1.34. The van der Waals surface area contributed by atoms with Crippen molar-refractivity contribution < 1.29 is 5.11 Å². The zero-order valence-corrected chi connectivity index (χ0v) is 17.6. The predicted octanol–water partition coefficient (Wildman–Crippen LogP) is 7.46. The molecule has 1 atom stereocenters. The Morgan fingerprint density at radius 3 is 2.46 bits per heavy atom. The minimum atomic E-state index is 0.198. The van der Waals surface area contributed by atoms with Gasteiger partial charge >= 0.3 is 0 Å². The largest absolute Gasteiger partial charge is 0.392 e. The predicted molar refractivity (Wildman–Crippen MR) is 116 cm³/mol. The monoisotopic (exact) mass is 356 g/mol. The maximum absolute atomic E-state index is 9.51. The van der Waals surface area contributed by atoms with E-state index in [1.165, 1.54) is 34.3 Å². The summed E-state index contributed by atoms with van der Waals surface area (Å²) in [6.07, 6.45) is 19.2. The highest BCUT2D eigenvalue weighted by Gasteiger charge is 2.12. The smallest absolute Gasteiger partial charge is 0.0641 e. The molecule has 0 spiro atoms. The van der Waals surface area contributed by atoms with Crippen molar-refractivity contribution in [2.24, 2.45) is 5.92 Å². The Labute approximate surface area is 162 Å². The van der Waals surface area contributed by atoms with Crippen LogP contribution in [0.3, 0.4) is 0 Å². The molecule has 0 bridgehead atoms. The highest BCUT2D eigenvalue weighted by atomic mass is 16.3. The zero-order chi connectivity index (χ0) is 19.4. The van der Waals surface area contributed by atoms with Crippen LogP contribution in [0.25, 0.3) is 0 Å². The Bertz CT molecular complexity index is 553. The molecule has 0 aromatic heterocycles. The van der Waals surface area contributed by atoms with Crippen molar-refractivity contribution in [2.45, 2.75) is 85.5 Å². The van der Waals surface area contributed by atoms with Crippen LogP contribution < -0.4 is 0 Å². The number of aliphatic hydroxyl groups is 1. The summed E-state index contributed by atoms with van der Waals surface area (Å²) < 4.78 is 0. The van der Waals surface area contributed by atoms with E-state index >= 15 is 0 Å². The van der Waals surface area contributed by atoms with E-state index in [9.17, 15) is 5.11 Å². The summed E-state index contributed by atoms with van der Waals surface area (Å²) in [5.74, 6) is 0.588. The molecule has 0 saturated heterocycles. The molecule has 0 fully saturated rings. The second-order valence-electron chi connectivity index (χ2n) is 8.15. The van der Waals surface area contributed by atoms with Crippen LogP contribution in [0.4, 0.5) is 0 Å². The average molecular weight is 357 g/mol. The third-order valence-corrected chi connectivity index (χ3v) is 5.37. The number of hydrogen-bond donors (Lipinski definition) is 1. The molecular formula is C25H40O. The van der Waals surface area contributed by atoms with Gasteiger partial charge in [0.15, 0.2) is 0 Å². The molecule has 0 aromatic rings. The quantitative estimate of drug-likeness (QED) is 0.507. The van der Waals surface area contributed by atoms with Gasteiger partial charge in [-0.05, 0) is 97.0 Å². The van der Waals surface area contributed by atoms with E-state index in [1.54, 1.807) is 0 Å². The highest BCUT2D eigenvalue weighted by molar-refractivity contribution is 5.12. The van der Waals surface area contributed by atoms with Crippen LogP contribution in [0.1, 0.15) is 85.5 Å². The SMILES string of the molecule is C=C(CCC=C(C)C)C1CC=C(C)CCC=C(CO)CCC=C(C)CC1. The maximum Gasteiger partial charge on any atom is 0.0641 e. The van der Waals surface area contributed by atoms with Gasteiger partial charge in [-0.1, -0.05) is 53.2 Å². The third kappa shape index (κ3) is 9.97. The van der Waals surface area contributed by atoms with Crippen LogP contribution in [0.2, 0.25) is 0 Å². The first-order valence-corrected chi connectivity index (χ1v) is 10.3. The van der Waals surface area contributed by atoms with Gasteiger partial charge in [-0.2, -0.15) is 0 Å². The lowest BCUT2D eigenvalue weighted by Gasteiger charge is -2.19. The van der Waals surface area contributed by atoms with E-state index in [-0.39, 0.29) is 6.61 Å². The van der Waals surface area contributed by atoms with Crippen molar-refractivity contribution in [3.05, 3.63) is 58.7 Å². The summed E-state index contributed by atoms with van der Waals surface area (Å²) >= 11 is 0. The van der Waals surface area contributed by atoms with Crippen molar-refractivity contribution in [3.63, 3.8) is 0 Å². The van der Waals surface area contributed by atoms with Crippen molar-refractivity contribution in [2.75, 3.05) is 6.61 Å². The molecule has 1 nitrogen and oxygen atoms in total. The molecule has 1 rings (SSSR count). The second kappa shape index (κ2) is 12.9. The normalized spacial score (nSPS) is 20.3. The van der Waals surface area contributed by atoms with Crippen molar-refractivity contribution in [3.8, 4) is 0 Å². The maximum atomic E-state index is 9.51. The third-order valence-electron chi connectivity index (χ3n) is 5.37. The molecule has 1 N–H and O–H groups in total. The standard InChI is InChI=1S/C25H40O/c1-20(2)9-6-12-23(5)25-17-15-21(3)10-7-13-24(19-26)14-8-11-22(4)16-18-25/h9-10,14,16,25-26H,5-8,11-13,15,17-19H2,1-4H3. The Morgan fingerprint density at radius 2 is 1.77 bits per heavy atom. The molecular weight excluding hydrogens is 316 g/mol. The van der Waals surface area contributed by atoms with E-state index in [2.05, 4.69) is 58.6 Å². The molecule has 0 amide bonds. The highest BCUT2D eigenvalue weighted by Crippen LogP contribution is 2.27. The van der Waals surface area contributed by atoms with Crippen LogP contribution in [0.5, 0.6) is 0 Å². The molecule has 0 aromatic carbocycles. The lowest BCUT2D eigenvalue weighted by molar-refractivity contribution is 0.326. The lowest BCUT2D eigenvalue weighted by Crippen LogP contribution is -2.04. The van der Waals surface area contributed by atoms with Gasteiger partial charge in [0.05, 0.1) is 6.61 Å². The molecule has 1 aliphatic carbocycles. The van der Waals surface area contributed by atoms with Gasteiger partial charge in [-0.3, -0.25) is 0 Å². The summed E-state index contributed by atoms with van der Waals surface area (Å²) in [6.45, 7) is 13.5. The summed E-state index contributed by atoms with van der Waals surface area (Å²) in [5, 5.41) is 9.51. The first-order valence-electron chi connectivity index (χ1n) is 10.3. The topological polar surface area (TPSA) is 20.2 Å². The fourth-order valence-corrected chi connectivity index (χ4v) is 3.44. The van der Waals surface area contributed by atoms with E-state index in [4.69, 9.17) is 0 Å². The summed E-state index contributed by atoms with van der Waals surface area (Å²) in [7, 11) is 0. The minimum Gasteiger partial charge on any atom is -0.392 e. The lowest BCUT2D eigenvalue weighted by atomic mass is 9.86. The molecule has 0 radical (unpaired) electrons. The van der Waals surface area contributed by atoms with Crippen LogP contribution >= 0.6 is 0 Å². The van der Waals surface area contributed by atoms with Gasteiger partial charge in [-0.15, -0.1) is 0 Å². The molecule has 1 heteroatoms. The molecule has 146 valence electrons. The Kier molecular flexibility index (Phi) is 11.3. The van der Waals surface area contributed by atoms with Gasteiger partial charge in [0, 0.05) is 0 Å². The number of hydrogen-bond acceptors (Lipinski definition) is 1. The Morgan fingerprint density at radius 1 is 1.08 bits per heavy atom. The number of aliphatic hydroxyl groups excluding tert-OH is 1. The van der Waals surface area contributed by atoms with Crippen LogP contribution in [0.15, 0.2) is 58.7 Å². The fraction of sp³-hybridized carbons (Fsp3) is 0.600. The van der Waals surface area contributed by atoms with E-state index in [1.807, 2.05) is 0 Å². The van der Waals surface area contributed by atoms with Gasteiger partial charge in [-0.25, -0.2) is 0 Å². The molecule has 0 heterocycles. The van der Waals surface area contributed by atoms with Crippen molar-refractivity contribution in [1.82, 2.24) is 0 Å². The molecule has 1 unspecified atom stereocenters.